The maximum Gasteiger partial charge on any atom is 0.256 e. The van der Waals surface area contributed by atoms with Crippen molar-refractivity contribution in [1.82, 2.24) is 15.4 Å². The number of halogens is 1. The van der Waals surface area contributed by atoms with Gasteiger partial charge < -0.3 is 15.2 Å². The van der Waals surface area contributed by atoms with E-state index in [1.54, 1.807) is 6.07 Å². The maximum absolute atomic E-state index is 13.9. The van der Waals surface area contributed by atoms with Crippen molar-refractivity contribution in [3.63, 3.8) is 0 Å². The van der Waals surface area contributed by atoms with Crippen LogP contribution in [0.5, 0.6) is 0 Å². The van der Waals surface area contributed by atoms with E-state index >= 15 is 0 Å². The molecule has 7 heteroatoms. The second-order valence-corrected chi connectivity index (χ2v) is 8.50. The molecule has 1 aromatic heterocycles. The fourth-order valence-corrected chi connectivity index (χ4v) is 4.81. The van der Waals surface area contributed by atoms with Gasteiger partial charge in [0.05, 0.1) is 12.2 Å². The normalized spacial score (nSPS) is 17.6. The molecule has 0 radical (unpaired) electrons. The second kappa shape index (κ2) is 9.98. The summed E-state index contributed by atoms with van der Waals surface area (Å²) in [6.45, 7) is 10.9. The van der Waals surface area contributed by atoms with E-state index < -0.39 is 0 Å². The molecule has 2 aliphatic rings. The summed E-state index contributed by atoms with van der Waals surface area (Å²) in [5, 5.41) is 2.88. The number of hydroxylamine groups is 1. The van der Waals surface area contributed by atoms with Crippen LogP contribution < -0.4 is 10.8 Å². The predicted octanol–water partition coefficient (Wildman–Crippen LogP) is 4.41. The third-order valence-corrected chi connectivity index (χ3v) is 6.58. The number of carbonyl (C=O) groups excluding carboxylic acids is 1. The third kappa shape index (κ3) is 4.51. The molecule has 0 fully saturated rings. The van der Waals surface area contributed by atoms with Gasteiger partial charge in [0.15, 0.2) is 0 Å². The molecule has 1 amide bonds. The van der Waals surface area contributed by atoms with Crippen LogP contribution in [-0.2, 0) is 22.7 Å². The van der Waals surface area contributed by atoms with Crippen molar-refractivity contribution in [2.24, 2.45) is 0 Å². The Labute approximate surface area is 189 Å². The number of fused-ring (bicyclic) bond motifs is 2. The zero-order chi connectivity index (χ0) is 22.7. The molecule has 0 unspecified atom stereocenters. The number of hydrogen-bond donors (Lipinski definition) is 3. The van der Waals surface area contributed by atoms with Crippen LogP contribution in [0.1, 0.15) is 61.2 Å². The third-order valence-electron chi connectivity index (χ3n) is 6.58. The van der Waals surface area contributed by atoms with Crippen molar-refractivity contribution in [3.8, 4) is 0 Å². The van der Waals surface area contributed by atoms with Crippen LogP contribution in [0.15, 0.2) is 18.2 Å². The topological polar surface area (TPSA) is 69.4 Å². The Morgan fingerprint density at radius 3 is 2.81 bits per heavy atom. The number of aryl methyl sites for hydroxylation is 1. The number of hydrogen-bond acceptors (Lipinski definition) is 4. The molecular weight excluding hydrogens is 407 g/mol. The predicted molar refractivity (Wildman–Crippen MR) is 126 cm³/mol. The number of nitrogens with one attached hydrogen (secondary N) is 3. The minimum atomic E-state index is -0.335. The zero-order valence-electron chi connectivity index (χ0n) is 19.2. The molecule has 2 aromatic rings. The van der Waals surface area contributed by atoms with Gasteiger partial charge in [0.1, 0.15) is 5.82 Å². The second-order valence-electron chi connectivity index (χ2n) is 8.50. The van der Waals surface area contributed by atoms with Gasteiger partial charge in [-0.1, -0.05) is 13.8 Å². The van der Waals surface area contributed by atoms with Gasteiger partial charge in [-0.3, -0.25) is 9.63 Å². The molecule has 3 N–H and O–H groups in total. The first-order chi connectivity index (χ1) is 15.5. The highest BCUT2D eigenvalue weighted by atomic mass is 19.1. The SMILES string of the molecule is CCN(CC)CCCNOCc1c(C)[nH]c2c1CCC/C2=C1/C(=O)Nc2ccc(F)cc21. The van der Waals surface area contributed by atoms with E-state index in [1.165, 1.54) is 17.7 Å². The fraction of sp³-hybridized carbons (Fsp3) is 0.480. The van der Waals surface area contributed by atoms with Crippen molar-refractivity contribution in [2.75, 3.05) is 31.5 Å². The number of benzene rings is 1. The van der Waals surface area contributed by atoms with Crippen molar-refractivity contribution in [2.45, 2.75) is 53.1 Å². The Morgan fingerprint density at radius 1 is 1.22 bits per heavy atom. The first kappa shape index (κ1) is 22.7. The molecule has 0 atom stereocenters. The van der Waals surface area contributed by atoms with Gasteiger partial charge in [-0.05, 0) is 81.6 Å². The summed E-state index contributed by atoms with van der Waals surface area (Å²) >= 11 is 0. The number of amides is 1. The number of rotatable bonds is 9. The van der Waals surface area contributed by atoms with Crippen LogP contribution in [0.2, 0.25) is 0 Å². The van der Waals surface area contributed by atoms with Gasteiger partial charge in [0, 0.05) is 34.7 Å². The van der Waals surface area contributed by atoms with E-state index in [2.05, 4.69) is 34.5 Å². The number of anilines is 1. The smallest absolute Gasteiger partial charge is 0.256 e. The molecular formula is C25H33FN4O2. The molecule has 0 saturated carbocycles. The van der Waals surface area contributed by atoms with E-state index in [-0.39, 0.29) is 11.7 Å². The van der Waals surface area contributed by atoms with Crippen LogP contribution >= 0.6 is 0 Å². The van der Waals surface area contributed by atoms with E-state index in [1.807, 2.05) is 6.92 Å². The van der Waals surface area contributed by atoms with Crippen LogP contribution in [0.25, 0.3) is 11.1 Å². The maximum atomic E-state index is 13.9. The van der Waals surface area contributed by atoms with Crippen LogP contribution in [0, 0.1) is 12.7 Å². The highest BCUT2D eigenvalue weighted by Gasteiger charge is 2.32. The summed E-state index contributed by atoms with van der Waals surface area (Å²) in [5.74, 6) is -0.494. The molecule has 1 aliphatic heterocycles. The van der Waals surface area contributed by atoms with E-state index in [0.717, 1.165) is 74.4 Å². The average molecular weight is 441 g/mol. The Hall–Kier alpha value is -2.48. The molecule has 0 saturated heterocycles. The summed E-state index contributed by atoms with van der Waals surface area (Å²) in [5.41, 5.74) is 10.4. The van der Waals surface area contributed by atoms with Crippen molar-refractivity contribution < 1.29 is 14.0 Å². The first-order valence-electron chi connectivity index (χ1n) is 11.7. The Kier molecular flexibility index (Phi) is 7.08. The number of carbonyl (C=O) groups is 1. The molecule has 6 nitrogen and oxygen atoms in total. The number of H-pyrrole nitrogens is 1. The Bertz CT molecular complexity index is 1020. The lowest BCUT2D eigenvalue weighted by atomic mass is 9.86. The van der Waals surface area contributed by atoms with Gasteiger partial charge >= 0.3 is 0 Å². The number of aromatic amines is 1. The lowest BCUT2D eigenvalue weighted by molar-refractivity contribution is -0.110. The standard InChI is InChI=1S/C25H33FN4O2/c1-4-30(5-2)13-7-12-27-32-15-21-16(3)28-24-18(21)8-6-9-19(24)23-20-14-17(26)10-11-22(20)29-25(23)31/h10-11,14,27-28H,4-9,12-13,15H2,1-3H3,(H,29,31)/b23-19-. The minimum absolute atomic E-state index is 0.159. The van der Waals surface area contributed by atoms with Crippen LogP contribution in [0.4, 0.5) is 10.1 Å². The Morgan fingerprint density at radius 2 is 2.03 bits per heavy atom. The van der Waals surface area contributed by atoms with E-state index in [4.69, 9.17) is 4.84 Å². The van der Waals surface area contributed by atoms with Gasteiger partial charge in [0.25, 0.3) is 5.91 Å². The van der Waals surface area contributed by atoms with Crippen LogP contribution in [-0.4, -0.2) is 42.0 Å². The summed E-state index contributed by atoms with van der Waals surface area (Å²) in [6, 6.07) is 4.46. The Balaban J connectivity index is 1.49. The summed E-state index contributed by atoms with van der Waals surface area (Å²) in [6.07, 6.45) is 3.71. The van der Waals surface area contributed by atoms with E-state index in [9.17, 15) is 9.18 Å². The average Bonchev–Trinajstić information content (AvgIpc) is 3.28. The summed E-state index contributed by atoms with van der Waals surface area (Å²) in [7, 11) is 0. The van der Waals surface area contributed by atoms with Crippen molar-refractivity contribution >= 4 is 22.7 Å². The highest BCUT2D eigenvalue weighted by molar-refractivity contribution is 6.36. The van der Waals surface area contributed by atoms with E-state index in [0.29, 0.717) is 23.4 Å². The van der Waals surface area contributed by atoms with Gasteiger partial charge in [-0.15, -0.1) is 0 Å². The largest absolute Gasteiger partial charge is 0.358 e. The molecule has 4 rings (SSSR count). The monoisotopic (exact) mass is 440 g/mol. The summed E-state index contributed by atoms with van der Waals surface area (Å²) in [4.78, 5) is 24.4. The van der Waals surface area contributed by atoms with Gasteiger partial charge in [0.2, 0.25) is 0 Å². The van der Waals surface area contributed by atoms with Crippen molar-refractivity contribution in [3.05, 3.63) is 52.1 Å². The fourth-order valence-electron chi connectivity index (χ4n) is 4.81. The van der Waals surface area contributed by atoms with Crippen LogP contribution in [0.3, 0.4) is 0 Å². The summed E-state index contributed by atoms with van der Waals surface area (Å²) < 4.78 is 13.9. The molecule has 172 valence electrons. The number of nitrogens with zero attached hydrogens (tertiary/aromatic N) is 1. The highest BCUT2D eigenvalue weighted by Crippen LogP contribution is 2.43. The lowest BCUT2D eigenvalue weighted by Crippen LogP contribution is -2.27. The zero-order valence-corrected chi connectivity index (χ0v) is 19.2. The quantitative estimate of drug-likeness (QED) is 0.307. The first-order valence-corrected chi connectivity index (χ1v) is 11.7. The van der Waals surface area contributed by atoms with Gasteiger partial charge in [-0.25, -0.2) is 9.87 Å². The van der Waals surface area contributed by atoms with Gasteiger partial charge in [-0.2, -0.15) is 0 Å². The molecule has 32 heavy (non-hydrogen) atoms. The lowest BCUT2D eigenvalue weighted by Gasteiger charge is -2.19. The molecule has 0 bridgehead atoms. The van der Waals surface area contributed by atoms with Crippen molar-refractivity contribution in [1.29, 1.82) is 0 Å². The minimum Gasteiger partial charge on any atom is -0.358 e. The number of allylic oxidation sites excluding steroid dienone is 1. The number of aromatic nitrogens is 1. The molecule has 0 spiro atoms. The molecule has 1 aromatic carbocycles. The molecule has 1 aliphatic carbocycles. The molecule has 2 heterocycles.